The SMILES string of the molecule is CN(Cc1cc(C(N)=O)ccc1F)CC1(O)CCCC1. The Balaban J connectivity index is 2.05. The molecule has 0 heterocycles. The molecule has 0 spiro atoms. The maximum atomic E-state index is 13.8. The van der Waals surface area contributed by atoms with E-state index in [-0.39, 0.29) is 5.82 Å². The minimum absolute atomic E-state index is 0.300. The van der Waals surface area contributed by atoms with Gasteiger partial charge < -0.3 is 10.8 Å². The first-order valence-corrected chi connectivity index (χ1v) is 6.89. The van der Waals surface area contributed by atoms with E-state index in [2.05, 4.69) is 0 Å². The summed E-state index contributed by atoms with van der Waals surface area (Å²) in [5.41, 5.74) is 5.26. The molecule has 1 saturated carbocycles. The molecule has 0 saturated heterocycles. The fourth-order valence-corrected chi connectivity index (χ4v) is 2.89. The van der Waals surface area contributed by atoms with Crippen LogP contribution in [0.15, 0.2) is 18.2 Å². The van der Waals surface area contributed by atoms with Gasteiger partial charge in [-0.05, 0) is 38.1 Å². The fourth-order valence-electron chi connectivity index (χ4n) is 2.89. The van der Waals surface area contributed by atoms with Gasteiger partial charge in [-0.3, -0.25) is 9.69 Å². The van der Waals surface area contributed by atoms with E-state index in [9.17, 15) is 14.3 Å². The maximum absolute atomic E-state index is 13.8. The Morgan fingerprint density at radius 2 is 2.10 bits per heavy atom. The average molecular weight is 280 g/mol. The van der Waals surface area contributed by atoms with Crippen molar-refractivity contribution in [2.24, 2.45) is 5.73 Å². The quantitative estimate of drug-likeness (QED) is 0.862. The molecule has 110 valence electrons. The van der Waals surface area contributed by atoms with E-state index in [4.69, 9.17) is 5.73 Å². The third-order valence-corrected chi connectivity index (χ3v) is 3.87. The highest BCUT2D eigenvalue weighted by molar-refractivity contribution is 5.92. The van der Waals surface area contributed by atoms with Gasteiger partial charge in [0.15, 0.2) is 0 Å². The average Bonchev–Trinajstić information content (AvgIpc) is 2.78. The van der Waals surface area contributed by atoms with Crippen LogP contribution in [0.25, 0.3) is 0 Å². The second kappa shape index (κ2) is 5.89. The van der Waals surface area contributed by atoms with Crippen LogP contribution in [0.1, 0.15) is 41.6 Å². The largest absolute Gasteiger partial charge is 0.389 e. The van der Waals surface area contributed by atoms with Gasteiger partial charge in [-0.15, -0.1) is 0 Å². The van der Waals surface area contributed by atoms with Crippen molar-refractivity contribution < 1.29 is 14.3 Å². The summed E-state index contributed by atoms with van der Waals surface area (Å²) < 4.78 is 13.8. The van der Waals surface area contributed by atoms with E-state index in [1.165, 1.54) is 18.2 Å². The van der Waals surface area contributed by atoms with Crippen molar-refractivity contribution in [1.29, 1.82) is 0 Å². The number of carbonyl (C=O) groups excluding carboxylic acids is 1. The number of rotatable bonds is 5. The van der Waals surface area contributed by atoms with Crippen molar-refractivity contribution in [1.82, 2.24) is 4.90 Å². The molecule has 0 atom stereocenters. The minimum atomic E-state index is -0.660. The maximum Gasteiger partial charge on any atom is 0.248 e. The molecule has 3 N–H and O–H groups in total. The number of likely N-dealkylation sites (N-methyl/N-ethyl adjacent to an activating group) is 1. The third kappa shape index (κ3) is 3.55. The molecule has 5 heteroatoms. The lowest BCUT2D eigenvalue weighted by Gasteiger charge is -2.28. The molecule has 1 aliphatic rings. The highest BCUT2D eigenvalue weighted by atomic mass is 19.1. The number of aliphatic hydroxyl groups is 1. The van der Waals surface area contributed by atoms with Gasteiger partial charge in [0.1, 0.15) is 5.82 Å². The molecule has 1 amide bonds. The first kappa shape index (κ1) is 14.9. The summed E-state index contributed by atoms with van der Waals surface area (Å²) in [6.07, 6.45) is 3.66. The Labute approximate surface area is 118 Å². The molecular formula is C15H21FN2O2. The van der Waals surface area contributed by atoms with Crippen LogP contribution in [0.5, 0.6) is 0 Å². The second-order valence-corrected chi connectivity index (χ2v) is 5.77. The summed E-state index contributed by atoms with van der Waals surface area (Å²) in [6.45, 7) is 0.850. The van der Waals surface area contributed by atoms with Gasteiger partial charge in [0.25, 0.3) is 0 Å². The van der Waals surface area contributed by atoms with Crippen LogP contribution < -0.4 is 5.73 Å². The molecule has 20 heavy (non-hydrogen) atoms. The van der Waals surface area contributed by atoms with Crippen molar-refractivity contribution in [3.05, 3.63) is 35.1 Å². The number of halogens is 1. The zero-order chi connectivity index (χ0) is 14.8. The predicted molar refractivity (Wildman–Crippen MR) is 74.7 cm³/mol. The van der Waals surface area contributed by atoms with Gasteiger partial charge in [-0.1, -0.05) is 12.8 Å². The Hall–Kier alpha value is -1.46. The first-order chi connectivity index (χ1) is 9.39. The molecule has 1 aromatic rings. The lowest BCUT2D eigenvalue weighted by Crippen LogP contribution is -2.39. The van der Waals surface area contributed by atoms with Crippen LogP contribution in [0.2, 0.25) is 0 Å². The van der Waals surface area contributed by atoms with Gasteiger partial charge in [0, 0.05) is 24.2 Å². The number of carbonyl (C=O) groups is 1. The van der Waals surface area contributed by atoms with Crippen molar-refractivity contribution in [3.63, 3.8) is 0 Å². The molecule has 0 unspecified atom stereocenters. The van der Waals surface area contributed by atoms with Gasteiger partial charge in [-0.2, -0.15) is 0 Å². The first-order valence-electron chi connectivity index (χ1n) is 6.89. The van der Waals surface area contributed by atoms with Crippen molar-refractivity contribution in [2.75, 3.05) is 13.6 Å². The van der Waals surface area contributed by atoms with Gasteiger partial charge >= 0.3 is 0 Å². The lowest BCUT2D eigenvalue weighted by molar-refractivity contribution is 0.0143. The number of primary amides is 1. The third-order valence-electron chi connectivity index (χ3n) is 3.87. The Morgan fingerprint density at radius 1 is 1.45 bits per heavy atom. The molecule has 1 fully saturated rings. The molecule has 1 aromatic carbocycles. The smallest absolute Gasteiger partial charge is 0.248 e. The highest BCUT2D eigenvalue weighted by Crippen LogP contribution is 2.30. The van der Waals surface area contributed by atoms with Gasteiger partial charge in [0.2, 0.25) is 5.91 Å². The molecule has 4 nitrogen and oxygen atoms in total. The van der Waals surface area contributed by atoms with Crippen molar-refractivity contribution >= 4 is 5.91 Å². The van der Waals surface area contributed by atoms with Crippen molar-refractivity contribution in [3.8, 4) is 0 Å². The van der Waals surface area contributed by atoms with Gasteiger partial charge in [-0.25, -0.2) is 4.39 Å². The van der Waals surface area contributed by atoms with Crippen LogP contribution in [-0.4, -0.2) is 35.1 Å². The fraction of sp³-hybridized carbons (Fsp3) is 0.533. The zero-order valence-corrected chi connectivity index (χ0v) is 11.7. The molecular weight excluding hydrogens is 259 g/mol. The van der Waals surface area contributed by atoms with Crippen LogP contribution in [-0.2, 0) is 6.54 Å². The highest BCUT2D eigenvalue weighted by Gasteiger charge is 2.32. The Kier molecular flexibility index (Phi) is 4.40. The van der Waals surface area contributed by atoms with Crippen LogP contribution >= 0.6 is 0 Å². The zero-order valence-electron chi connectivity index (χ0n) is 11.7. The number of hydrogen-bond donors (Lipinski definition) is 2. The predicted octanol–water partition coefficient (Wildman–Crippen LogP) is 1.66. The number of nitrogens with two attached hydrogens (primary N) is 1. The summed E-state index contributed by atoms with van der Waals surface area (Å²) in [6, 6.07) is 4.12. The van der Waals surface area contributed by atoms with E-state index in [1.54, 1.807) is 0 Å². The molecule has 0 radical (unpaired) electrons. The molecule has 0 bridgehead atoms. The number of hydrogen-bond acceptors (Lipinski definition) is 3. The number of benzene rings is 1. The summed E-state index contributed by atoms with van der Waals surface area (Å²) in [5, 5.41) is 10.3. The summed E-state index contributed by atoms with van der Waals surface area (Å²) >= 11 is 0. The Morgan fingerprint density at radius 3 is 2.70 bits per heavy atom. The monoisotopic (exact) mass is 280 g/mol. The van der Waals surface area contributed by atoms with Crippen molar-refractivity contribution in [2.45, 2.75) is 37.8 Å². The molecule has 0 aliphatic heterocycles. The van der Waals surface area contributed by atoms with Crippen LogP contribution in [0.4, 0.5) is 4.39 Å². The summed E-state index contributed by atoms with van der Waals surface area (Å²) in [7, 11) is 1.84. The molecule has 1 aliphatic carbocycles. The number of nitrogens with zero attached hydrogens (tertiary/aromatic N) is 1. The molecule has 2 rings (SSSR count). The standard InChI is InChI=1S/C15H21FN2O2/c1-18(10-15(20)6-2-3-7-15)9-12-8-11(14(17)19)4-5-13(12)16/h4-5,8,20H,2-3,6-7,9-10H2,1H3,(H2,17,19). The summed E-state index contributed by atoms with van der Waals surface area (Å²) in [4.78, 5) is 13.0. The van der Waals surface area contributed by atoms with Crippen LogP contribution in [0.3, 0.4) is 0 Å². The second-order valence-electron chi connectivity index (χ2n) is 5.77. The van der Waals surface area contributed by atoms with Gasteiger partial charge in [0.05, 0.1) is 5.60 Å². The topological polar surface area (TPSA) is 66.6 Å². The lowest BCUT2D eigenvalue weighted by atomic mass is 10.0. The Bertz CT molecular complexity index is 499. The van der Waals surface area contributed by atoms with E-state index in [1.807, 2.05) is 11.9 Å². The van der Waals surface area contributed by atoms with E-state index >= 15 is 0 Å². The number of amides is 1. The van der Waals surface area contributed by atoms with E-state index < -0.39 is 11.5 Å². The van der Waals surface area contributed by atoms with Crippen LogP contribution in [0, 0.1) is 5.82 Å². The summed E-state index contributed by atoms with van der Waals surface area (Å²) in [5.74, 6) is -0.927. The normalized spacial score (nSPS) is 17.6. The van der Waals surface area contributed by atoms with E-state index in [0.29, 0.717) is 24.2 Å². The molecule has 0 aromatic heterocycles. The minimum Gasteiger partial charge on any atom is -0.389 e. The van der Waals surface area contributed by atoms with E-state index in [0.717, 1.165) is 25.7 Å².